The molecule has 1 fully saturated rings. The van der Waals surface area contributed by atoms with Gasteiger partial charge in [-0.05, 0) is 19.3 Å². The summed E-state index contributed by atoms with van der Waals surface area (Å²) in [4.78, 5) is 10.4. The molecular weight excluding hydrogens is 222 g/mol. The minimum atomic E-state index is -3.69. The molecule has 0 saturated heterocycles. The number of hydrogen-bond acceptors (Lipinski definition) is 3. The van der Waals surface area contributed by atoms with Crippen LogP contribution in [0.5, 0.6) is 0 Å². The summed E-state index contributed by atoms with van der Waals surface area (Å²) in [5.41, 5.74) is 0. The maximum absolute atomic E-state index is 13.3. The summed E-state index contributed by atoms with van der Waals surface area (Å²) in [7, 11) is 2.91. The van der Waals surface area contributed by atoms with Crippen molar-refractivity contribution in [1.82, 2.24) is 0 Å². The Balaban J connectivity index is 2.70. The van der Waals surface area contributed by atoms with E-state index in [1.165, 1.54) is 14.2 Å². The molecule has 1 aliphatic carbocycles. The molecule has 16 heavy (non-hydrogen) atoms. The van der Waals surface area contributed by atoms with Crippen molar-refractivity contribution in [3.05, 3.63) is 0 Å². The van der Waals surface area contributed by atoms with Gasteiger partial charge in [-0.3, -0.25) is 0 Å². The van der Waals surface area contributed by atoms with Gasteiger partial charge in [-0.1, -0.05) is 0 Å². The number of hydrogen-bond donors (Lipinski definition) is 1. The second kappa shape index (κ2) is 5.05. The van der Waals surface area contributed by atoms with Gasteiger partial charge in [0, 0.05) is 20.1 Å². The van der Waals surface area contributed by atoms with Crippen molar-refractivity contribution < 1.29 is 28.2 Å². The van der Waals surface area contributed by atoms with Crippen molar-refractivity contribution in [3.63, 3.8) is 0 Å². The molecule has 94 valence electrons. The van der Waals surface area contributed by atoms with Crippen LogP contribution in [0.2, 0.25) is 0 Å². The second-order valence-electron chi connectivity index (χ2n) is 3.99. The molecular formula is C10H16F2O4. The van der Waals surface area contributed by atoms with Gasteiger partial charge in [-0.25, -0.2) is 4.79 Å². The molecule has 1 saturated carbocycles. The summed E-state index contributed by atoms with van der Waals surface area (Å²) in [6.07, 6.45) is -0.158. The number of methoxy groups -OCH3 is 2. The average molecular weight is 238 g/mol. The zero-order valence-corrected chi connectivity index (χ0v) is 9.28. The molecule has 0 amide bonds. The lowest BCUT2D eigenvalue weighted by Crippen LogP contribution is -2.45. The number of halogens is 2. The van der Waals surface area contributed by atoms with Gasteiger partial charge >= 0.3 is 11.9 Å². The summed E-state index contributed by atoms with van der Waals surface area (Å²) >= 11 is 0. The fraction of sp³-hybridized carbons (Fsp3) is 0.900. The molecule has 0 aromatic carbocycles. The summed E-state index contributed by atoms with van der Waals surface area (Å²) in [5, 5.41) is 8.45. The first-order chi connectivity index (χ1) is 7.43. The van der Waals surface area contributed by atoms with E-state index in [2.05, 4.69) is 0 Å². The van der Waals surface area contributed by atoms with Gasteiger partial charge in [0.1, 0.15) is 0 Å². The van der Waals surface area contributed by atoms with Crippen LogP contribution in [-0.2, 0) is 14.3 Å². The van der Waals surface area contributed by atoms with Crippen LogP contribution >= 0.6 is 0 Å². The largest absolute Gasteiger partial charge is 0.477 e. The van der Waals surface area contributed by atoms with E-state index in [-0.39, 0.29) is 18.9 Å². The molecule has 0 aliphatic heterocycles. The third-order valence-corrected chi connectivity index (χ3v) is 3.13. The molecule has 1 rings (SSSR count). The first-order valence-corrected chi connectivity index (χ1v) is 5.10. The number of alkyl halides is 2. The molecule has 6 heteroatoms. The van der Waals surface area contributed by atoms with E-state index < -0.39 is 23.9 Å². The Kier molecular flexibility index (Phi) is 4.21. The number of ether oxygens (including phenoxy) is 2. The summed E-state index contributed by atoms with van der Waals surface area (Å²) in [5.74, 6) is -6.93. The van der Waals surface area contributed by atoms with Gasteiger partial charge in [0.2, 0.25) is 0 Å². The molecule has 0 bridgehead atoms. The quantitative estimate of drug-likeness (QED) is 0.807. The zero-order valence-electron chi connectivity index (χ0n) is 9.28. The fourth-order valence-electron chi connectivity index (χ4n) is 2.12. The van der Waals surface area contributed by atoms with Gasteiger partial charge in [-0.2, -0.15) is 8.78 Å². The zero-order chi connectivity index (χ0) is 12.3. The fourth-order valence-corrected chi connectivity index (χ4v) is 2.12. The molecule has 4 nitrogen and oxygen atoms in total. The highest BCUT2D eigenvalue weighted by Gasteiger charge is 2.50. The highest BCUT2D eigenvalue weighted by molar-refractivity contribution is 5.75. The minimum absolute atomic E-state index is 0.00824. The van der Waals surface area contributed by atoms with Crippen LogP contribution in [0.1, 0.15) is 19.3 Å². The average Bonchev–Trinajstić information content (AvgIpc) is 2.27. The Morgan fingerprint density at radius 3 is 2.25 bits per heavy atom. The van der Waals surface area contributed by atoms with Crippen LogP contribution in [0.15, 0.2) is 0 Å². The Morgan fingerprint density at radius 1 is 1.25 bits per heavy atom. The standard InChI is InChI=1S/C10H16F2O4/c1-15-7-4-3-6(5-8(7)16-2)10(11,12)9(13)14/h6-8H,3-5H2,1-2H3,(H,13,14). The number of carbonyl (C=O) groups is 1. The van der Waals surface area contributed by atoms with E-state index in [0.717, 1.165) is 0 Å². The maximum Gasteiger partial charge on any atom is 0.374 e. The van der Waals surface area contributed by atoms with Gasteiger partial charge in [0.15, 0.2) is 0 Å². The summed E-state index contributed by atoms with van der Waals surface area (Å²) in [6, 6.07) is 0. The van der Waals surface area contributed by atoms with Gasteiger partial charge in [0.05, 0.1) is 12.2 Å². The third kappa shape index (κ3) is 2.49. The lowest BCUT2D eigenvalue weighted by atomic mass is 9.81. The molecule has 0 aromatic heterocycles. The molecule has 0 radical (unpaired) electrons. The van der Waals surface area contributed by atoms with Crippen molar-refractivity contribution in [1.29, 1.82) is 0 Å². The number of aliphatic carboxylic acids is 1. The monoisotopic (exact) mass is 238 g/mol. The van der Waals surface area contributed by atoms with E-state index >= 15 is 0 Å². The van der Waals surface area contributed by atoms with E-state index in [9.17, 15) is 13.6 Å². The lowest BCUT2D eigenvalue weighted by molar-refractivity contribution is -0.182. The van der Waals surface area contributed by atoms with Crippen LogP contribution < -0.4 is 0 Å². The van der Waals surface area contributed by atoms with Crippen LogP contribution in [0.4, 0.5) is 8.78 Å². The molecule has 1 aliphatic rings. The molecule has 0 heterocycles. The second-order valence-corrected chi connectivity index (χ2v) is 3.99. The van der Waals surface area contributed by atoms with E-state index in [0.29, 0.717) is 6.42 Å². The van der Waals surface area contributed by atoms with Gasteiger partial charge in [0.25, 0.3) is 0 Å². The molecule has 0 spiro atoms. The van der Waals surface area contributed by atoms with Crippen molar-refractivity contribution in [2.24, 2.45) is 5.92 Å². The molecule has 1 N–H and O–H groups in total. The smallest absolute Gasteiger partial charge is 0.374 e. The first kappa shape index (κ1) is 13.3. The third-order valence-electron chi connectivity index (χ3n) is 3.13. The van der Waals surface area contributed by atoms with Gasteiger partial charge in [-0.15, -0.1) is 0 Å². The Labute approximate surface area is 92.5 Å². The lowest BCUT2D eigenvalue weighted by Gasteiger charge is -2.36. The van der Waals surface area contributed by atoms with Crippen molar-refractivity contribution >= 4 is 5.97 Å². The number of carboxylic acids is 1. The topological polar surface area (TPSA) is 55.8 Å². The van der Waals surface area contributed by atoms with Crippen LogP contribution in [0.25, 0.3) is 0 Å². The SMILES string of the molecule is COC1CCC(C(F)(F)C(=O)O)CC1OC. The number of rotatable bonds is 4. The van der Waals surface area contributed by atoms with Crippen molar-refractivity contribution in [2.45, 2.75) is 37.4 Å². The molecule has 0 aromatic rings. The first-order valence-electron chi connectivity index (χ1n) is 5.10. The maximum atomic E-state index is 13.3. The number of carboxylic acid groups (broad SMARTS) is 1. The van der Waals surface area contributed by atoms with Crippen molar-refractivity contribution in [2.75, 3.05) is 14.2 Å². The van der Waals surface area contributed by atoms with Crippen LogP contribution in [0, 0.1) is 5.92 Å². The molecule has 3 atom stereocenters. The van der Waals surface area contributed by atoms with Gasteiger partial charge < -0.3 is 14.6 Å². The van der Waals surface area contributed by atoms with Crippen LogP contribution in [0.3, 0.4) is 0 Å². The van der Waals surface area contributed by atoms with E-state index in [1.54, 1.807) is 0 Å². The van der Waals surface area contributed by atoms with Crippen LogP contribution in [-0.4, -0.2) is 43.4 Å². The predicted molar refractivity (Wildman–Crippen MR) is 51.5 cm³/mol. The predicted octanol–water partition coefficient (Wildman–Crippen LogP) is 1.54. The molecule has 3 unspecified atom stereocenters. The van der Waals surface area contributed by atoms with E-state index in [1.807, 2.05) is 0 Å². The Morgan fingerprint density at radius 2 is 1.81 bits per heavy atom. The summed E-state index contributed by atoms with van der Waals surface area (Å²) in [6.45, 7) is 0. The normalized spacial score (nSPS) is 31.4. The minimum Gasteiger partial charge on any atom is -0.477 e. The van der Waals surface area contributed by atoms with E-state index in [4.69, 9.17) is 14.6 Å². The highest BCUT2D eigenvalue weighted by Crippen LogP contribution is 2.38. The Hall–Kier alpha value is -0.750. The Bertz CT molecular complexity index is 257. The highest BCUT2D eigenvalue weighted by atomic mass is 19.3. The van der Waals surface area contributed by atoms with Crippen molar-refractivity contribution in [3.8, 4) is 0 Å². The summed E-state index contributed by atoms with van der Waals surface area (Å²) < 4.78 is 36.7.